The summed E-state index contributed by atoms with van der Waals surface area (Å²) in [4.78, 5) is 2.81. The smallest absolute Gasteiger partial charge is 0.337 e. The number of hydrogen-bond acceptors (Lipinski definition) is 1. The highest BCUT2D eigenvalue weighted by atomic mass is 35.5. The van der Waals surface area contributed by atoms with Gasteiger partial charge in [-0.1, -0.05) is 32.4 Å². The van der Waals surface area contributed by atoms with E-state index in [1.807, 2.05) is 20.8 Å². The van der Waals surface area contributed by atoms with E-state index in [0.717, 1.165) is 6.07 Å². The molecule has 0 aliphatic heterocycles. The number of nitrogens with one attached hydrogen (secondary N) is 1. The second-order valence-electron chi connectivity index (χ2n) is 5.72. The molecule has 0 bridgehead atoms. The Kier molecular flexibility index (Phi) is 3.97. The molecule has 2 aromatic rings. The minimum Gasteiger partial charge on any atom is -0.337 e. The van der Waals surface area contributed by atoms with Gasteiger partial charge >= 0.3 is 6.18 Å². The van der Waals surface area contributed by atoms with E-state index in [0.29, 0.717) is 5.69 Å². The number of aromatic nitrogens is 2. The van der Waals surface area contributed by atoms with E-state index in [4.69, 9.17) is 23.8 Å². The number of rotatable bonds is 1. The summed E-state index contributed by atoms with van der Waals surface area (Å²) in [5, 5.41) is 0.0328. The van der Waals surface area contributed by atoms with E-state index >= 15 is 0 Å². The first-order valence-electron chi connectivity index (χ1n) is 6.20. The second-order valence-corrected chi connectivity index (χ2v) is 6.55. The van der Waals surface area contributed by atoms with Crippen LogP contribution < -0.4 is 0 Å². The molecule has 1 N–H and O–H groups in total. The highest BCUT2D eigenvalue weighted by Gasteiger charge is 2.35. The third kappa shape index (κ3) is 3.16. The van der Waals surface area contributed by atoms with Crippen molar-refractivity contribution in [2.24, 2.45) is 0 Å². The van der Waals surface area contributed by atoms with E-state index in [1.54, 1.807) is 6.20 Å². The molecule has 0 saturated heterocycles. The second kappa shape index (κ2) is 5.18. The van der Waals surface area contributed by atoms with Gasteiger partial charge in [-0.2, -0.15) is 13.2 Å². The molecule has 2 rings (SSSR count). The zero-order valence-electron chi connectivity index (χ0n) is 11.7. The molecular weight excluding hydrogens is 321 g/mol. The van der Waals surface area contributed by atoms with Gasteiger partial charge in [-0.05, 0) is 30.4 Å². The summed E-state index contributed by atoms with van der Waals surface area (Å²) in [5.41, 5.74) is -0.532. The lowest BCUT2D eigenvalue weighted by atomic mass is 9.92. The first-order chi connectivity index (χ1) is 9.51. The molecule has 1 heterocycles. The topological polar surface area (TPSA) is 20.7 Å². The maximum Gasteiger partial charge on any atom is 0.418 e. The first-order valence-corrected chi connectivity index (χ1v) is 6.98. The zero-order chi connectivity index (χ0) is 16.0. The Morgan fingerprint density at radius 3 is 2.33 bits per heavy atom. The highest BCUT2D eigenvalue weighted by Crippen LogP contribution is 2.37. The summed E-state index contributed by atoms with van der Waals surface area (Å²) < 4.78 is 41.4. The van der Waals surface area contributed by atoms with Crippen LogP contribution in [0, 0.1) is 4.77 Å². The summed E-state index contributed by atoms with van der Waals surface area (Å²) in [6, 6.07) is 3.68. The molecule has 0 aliphatic carbocycles. The van der Waals surface area contributed by atoms with Crippen molar-refractivity contribution >= 4 is 23.8 Å². The van der Waals surface area contributed by atoms with E-state index < -0.39 is 11.7 Å². The van der Waals surface area contributed by atoms with Crippen LogP contribution in [0.5, 0.6) is 0 Å². The Balaban J connectivity index is 2.81. The van der Waals surface area contributed by atoms with Crippen LogP contribution in [0.4, 0.5) is 13.2 Å². The molecule has 1 aromatic heterocycles. The normalized spacial score (nSPS) is 12.7. The number of imidazole rings is 1. The molecule has 0 saturated carbocycles. The van der Waals surface area contributed by atoms with Crippen molar-refractivity contribution in [3.05, 3.63) is 45.4 Å². The maximum absolute atomic E-state index is 13.3. The van der Waals surface area contributed by atoms with Gasteiger partial charge in [0.2, 0.25) is 0 Å². The first kappa shape index (κ1) is 16.1. The molecule has 1 aromatic carbocycles. The quantitative estimate of drug-likeness (QED) is 0.682. The summed E-state index contributed by atoms with van der Waals surface area (Å²) in [7, 11) is 0. The monoisotopic (exact) mass is 334 g/mol. The number of benzene rings is 1. The van der Waals surface area contributed by atoms with Crippen LogP contribution in [0.2, 0.25) is 5.02 Å². The van der Waals surface area contributed by atoms with Crippen LogP contribution in [0.15, 0.2) is 24.4 Å². The number of aromatic amines is 1. The summed E-state index contributed by atoms with van der Waals surface area (Å²) in [6.07, 6.45) is -2.88. The van der Waals surface area contributed by atoms with E-state index in [2.05, 4.69) is 4.98 Å². The molecular formula is C14H14ClF3N2S. The number of alkyl halides is 3. The van der Waals surface area contributed by atoms with Crippen LogP contribution in [0.3, 0.4) is 0 Å². The Morgan fingerprint density at radius 2 is 1.81 bits per heavy atom. The van der Waals surface area contributed by atoms with Crippen LogP contribution in [0.1, 0.15) is 32.0 Å². The number of halogens is 4. The Bertz CT molecular complexity index is 723. The van der Waals surface area contributed by atoms with Gasteiger partial charge in [0, 0.05) is 22.3 Å². The summed E-state index contributed by atoms with van der Waals surface area (Å²) >= 11 is 10.9. The molecule has 0 radical (unpaired) electrons. The maximum atomic E-state index is 13.3. The van der Waals surface area contributed by atoms with Crippen molar-refractivity contribution in [1.82, 2.24) is 9.55 Å². The van der Waals surface area contributed by atoms with E-state index in [1.165, 1.54) is 16.7 Å². The number of nitrogens with zero attached hydrogens (tertiary/aromatic N) is 1. The van der Waals surface area contributed by atoms with Crippen molar-refractivity contribution in [1.29, 1.82) is 0 Å². The Hall–Kier alpha value is -1.27. The van der Waals surface area contributed by atoms with Crippen molar-refractivity contribution < 1.29 is 13.2 Å². The lowest BCUT2D eigenvalue weighted by Gasteiger charge is -2.23. The Morgan fingerprint density at radius 1 is 1.19 bits per heavy atom. The number of H-pyrrole nitrogens is 1. The van der Waals surface area contributed by atoms with Crippen LogP contribution in [0.25, 0.3) is 5.69 Å². The van der Waals surface area contributed by atoms with Crippen molar-refractivity contribution in [2.45, 2.75) is 32.4 Å². The lowest BCUT2D eigenvalue weighted by molar-refractivity contribution is -0.137. The third-order valence-corrected chi connectivity index (χ3v) is 3.59. The predicted octanol–water partition coefficient (Wildman–Crippen LogP) is 5.50. The fourth-order valence-electron chi connectivity index (χ4n) is 2.09. The largest absolute Gasteiger partial charge is 0.418 e. The SMILES string of the molecule is CC(C)(C)c1c[nH]c(=S)n1-c1ccc(Cl)cc1C(F)(F)F. The standard InChI is InChI=1S/C14H14ClF3N2S/c1-13(2,3)11-7-19-12(21)20(11)10-5-4-8(15)6-9(10)14(16,17)18/h4-7H,1-3H3,(H,19,21). The van der Waals surface area contributed by atoms with E-state index in [9.17, 15) is 13.2 Å². The zero-order valence-corrected chi connectivity index (χ0v) is 13.2. The average Bonchev–Trinajstić information content (AvgIpc) is 2.70. The van der Waals surface area contributed by atoms with E-state index in [-0.39, 0.29) is 20.9 Å². The van der Waals surface area contributed by atoms with Gasteiger partial charge in [-0.25, -0.2) is 0 Å². The summed E-state index contributed by atoms with van der Waals surface area (Å²) in [6.45, 7) is 5.72. The molecule has 21 heavy (non-hydrogen) atoms. The molecule has 0 aliphatic rings. The van der Waals surface area contributed by atoms with Crippen LogP contribution >= 0.6 is 23.8 Å². The van der Waals surface area contributed by atoms with Crippen LogP contribution in [-0.2, 0) is 11.6 Å². The van der Waals surface area contributed by atoms with Crippen molar-refractivity contribution in [3.63, 3.8) is 0 Å². The van der Waals surface area contributed by atoms with Crippen LogP contribution in [-0.4, -0.2) is 9.55 Å². The molecule has 0 amide bonds. The van der Waals surface area contributed by atoms with Crippen molar-refractivity contribution in [2.75, 3.05) is 0 Å². The van der Waals surface area contributed by atoms with Gasteiger partial charge in [-0.3, -0.25) is 4.57 Å². The lowest BCUT2D eigenvalue weighted by Crippen LogP contribution is -2.19. The molecule has 0 atom stereocenters. The molecule has 2 nitrogen and oxygen atoms in total. The fourth-order valence-corrected chi connectivity index (χ4v) is 2.52. The number of hydrogen-bond donors (Lipinski definition) is 1. The van der Waals surface area contributed by atoms with Gasteiger partial charge in [-0.15, -0.1) is 0 Å². The highest BCUT2D eigenvalue weighted by molar-refractivity contribution is 7.71. The molecule has 0 spiro atoms. The van der Waals surface area contributed by atoms with Gasteiger partial charge in [0.15, 0.2) is 4.77 Å². The molecule has 7 heteroatoms. The molecule has 0 fully saturated rings. The Labute approximate surface area is 130 Å². The predicted molar refractivity (Wildman–Crippen MR) is 79.7 cm³/mol. The van der Waals surface area contributed by atoms with Crippen molar-refractivity contribution in [3.8, 4) is 5.69 Å². The minimum atomic E-state index is -4.51. The average molecular weight is 335 g/mol. The fraction of sp³-hybridized carbons (Fsp3) is 0.357. The van der Waals surface area contributed by atoms with Gasteiger partial charge in [0.25, 0.3) is 0 Å². The third-order valence-electron chi connectivity index (χ3n) is 3.05. The van der Waals surface area contributed by atoms with Gasteiger partial charge in [0.1, 0.15) is 0 Å². The van der Waals surface area contributed by atoms with Gasteiger partial charge < -0.3 is 4.98 Å². The summed E-state index contributed by atoms with van der Waals surface area (Å²) in [5.74, 6) is 0. The molecule has 114 valence electrons. The van der Waals surface area contributed by atoms with Gasteiger partial charge in [0.05, 0.1) is 11.3 Å². The molecule has 0 unspecified atom stereocenters. The minimum absolute atomic E-state index is 0.0249.